The van der Waals surface area contributed by atoms with Crippen LogP contribution < -0.4 is 10.1 Å². The summed E-state index contributed by atoms with van der Waals surface area (Å²) < 4.78 is 5.74. The molecule has 3 rings (SSSR count). The monoisotopic (exact) mass is 394 g/mol. The zero-order valence-corrected chi connectivity index (χ0v) is 17.1. The van der Waals surface area contributed by atoms with E-state index in [4.69, 9.17) is 4.74 Å². The molecule has 2 amide bonds. The molecule has 2 aromatic rings. The Bertz CT molecular complexity index is 799. The summed E-state index contributed by atoms with van der Waals surface area (Å²) in [5.74, 6) is 1.10. The van der Waals surface area contributed by atoms with Crippen molar-refractivity contribution < 1.29 is 14.3 Å². The number of piperidine rings is 1. The van der Waals surface area contributed by atoms with Crippen LogP contribution in [-0.4, -0.2) is 42.5 Å². The van der Waals surface area contributed by atoms with E-state index in [1.807, 2.05) is 66.4 Å². The topological polar surface area (TPSA) is 58.6 Å². The van der Waals surface area contributed by atoms with Crippen LogP contribution >= 0.6 is 0 Å². The Morgan fingerprint density at radius 1 is 1.03 bits per heavy atom. The van der Waals surface area contributed by atoms with Gasteiger partial charge in [0, 0.05) is 25.6 Å². The second-order valence-electron chi connectivity index (χ2n) is 7.60. The minimum Gasteiger partial charge on any atom is -0.493 e. The molecule has 0 bridgehead atoms. The molecule has 2 aromatic carbocycles. The largest absolute Gasteiger partial charge is 0.493 e. The number of para-hydroxylation sites is 1. The highest BCUT2D eigenvalue weighted by molar-refractivity contribution is 5.79. The van der Waals surface area contributed by atoms with Crippen molar-refractivity contribution in [1.82, 2.24) is 10.2 Å². The lowest BCUT2D eigenvalue weighted by Crippen LogP contribution is -2.47. The first-order valence-corrected chi connectivity index (χ1v) is 10.4. The first kappa shape index (κ1) is 20.9. The third kappa shape index (κ3) is 6.63. The summed E-state index contributed by atoms with van der Waals surface area (Å²) in [7, 11) is 0. The van der Waals surface area contributed by atoms with E-state index in [-0.39, 0.29) is 17.9 Å². The van der Waals surface area contributed by atoms with E-state index in [2.05, 4.69) is 5.32 Å². The summed E-state index contributed by atoms with van der Waals surface area (Å²) in [6, 6.07) is 17.9. The van der Waals surface area contributed by atoms with E-state index < -0.39 is 0 Å². The van der Waals surface area contributed by atoms with Crippen LogP contribution in [0, 0.1) is 6.92 Å². The van der Waals surface area contributed by atoms with E-state index in [9.17, 15) is 9.59 Å². The molecule has 0 unspecified atom stereocenters. The van der Waals surface area contributed by atoms with Crippen LogP contribution in [0.5, 0.6) is 5.75 Å². The molecule has 154 valence electrons. The molecular weight excluding hydrogens is 364 g/mol. The van der Waals surface area contributed by atoms with E-state index in [0.29, 0.717) is 39.0 Å². The van der Waals surface area contributed by atoms with Crippen molar-refractivity contribution in [2.45, 2.75) is 45.1 Å². The maximum absolute atomic E-state index is 12.4. The molecule has 0 saturated carbocycles. The molecule has 29 heavy (non-hydrogen) atoms. The molecule has 0 atom stereocenters. The third-order valence-electron chi connectivity index (χ3n) is 5.31. The Morgan fingerprint density at radius 3 is 2.45 bits per heavy atom. The van der Waals surface area contributed by atoms with E-state index in [0.717, 1.165) is 29.7 Å². The maximum atomic E-state index is 12.4. The average Bonchev–Trinajstić information content (AvgIpc) is 2.73. The van der Waals surface area contributed by atoms with Crippen molar-refractivity contribution in [1.29, 1.82) is 0 Å². The maximum Gasteiger partial charge on any atom is 0.226 e. The van der Waals surface area contributed by atoms with Crippen LogP contribution in [0.4, 0.5) is 0 Å². The highest BCUT2D eigenvalue weighted by Crippen LogP contribution is 2.16. The smallest absolute Gasteiger partial charge is 0.226 e. The molecule has 1 aliphatic heterocycles. The molecule has 0 spiro atoms. The fourth-order valence-corrected chi connectivity index (χ4v) is 3.59. The van der Waals surface area contributed by atoms with Gasteiger partial charge in [-0.1, -0.05) is 48.5 Å². The number of nitrogens with zero attached hydrogens (tertiary/aromatic N) is 1. The molecule has 0 aromatic heterocycles. The second-order valence-corrected chi connectivity index (χ2v) is 7.60. The lowest BCUT2D eigenvalue weighted by atomic mass is 10.0. The molecule has 1 fully saturated rings. The van der Waals surface area contributed by atoms with E-state index >= 15 is 0 Å². The van der Waals surface area contributed by atoms with Gasteiger partial charge in [0.05, 0.1) is 13.0 Å². The van der Waals surface area contributed by atoms with Crippen LogP contribution in [0.15, 0.2) is 54.6 Å². The number of benzene rings is 2. The zero-order valence-electron chi connectivity index (χ0n) is 17.1. The molecule has 1 N–H and O–H groups in total. The van der Waals surface area contributed by atoms with Gasteiger partial charge >= 0.3 is 0 Å². The number of carbonyl (C=O) groups is 2. The lowest BCUT2D eigenvalue weighted by Gasteiger charge is -2.32. The highest BCUT2D eigenvalue weighted by atomic mass is 16.5. The quantitative estimate of drug-likeness (QED) is 0.697. The van der Waals surface area contributed by atoms with Gasteiger partial charge < -0.3 is 15.0 Å². The summed E-state index contributed by atoms with van der Waals surface area (Å²) >= 11 is 0. The van der Waals surface area contributed by atoms with Gasteiger partial charge in [0.2, 0.25) is 11.8 Å². The number of hydrogen-bond donors (Lipinski definition) is 1. The van der Waals surface area contributed by atoms with Gasteiger partial charge in [0.1, 0.15) is 5.75 Å². The summed E-state index contributed by atoms with van der Waals surface area (Å²) in [5.41, 5.74) is 2.14. The second kappa shape index (κ2) is 10.6. The number of ether oxygens (including phenoxy) is 1. The fourth-order valence-electron chi connectivity index (χ4n) is 3.59. The normalized spacial score (nSPS) is 14.4. The van der Waals surface area contributed by atoms with Crippen LogP contribution in [0.1, 0.15) is 36.8 Å². The summed E-state index contributed by atoms with van der Waals surface area (Å²) in [6.07, 6.45) is 3.21. The lowest BCUT2D eigenvalue weighted by molar-refractivity contribution is -0.131. The Morgan fingerprint density at radius 2 is 1.72 bits per heavy atom. The molecule has 0 aliphatic carbocycles. The fraction of sp³-hybridized carbons (Fsp3) is 0.417. The molecule has 5 heteroatoms. The van der Waals surface area contributed by atoms with Crippen LogP contribution in [0.2, 0.25) is 0 Å². The third-order valence-corrected chi connectivity index (χ3v) is 5.31. The van der Waals surface area contributed by atoms with Gasteiger partial charge in [-0.2, -0.15) is 0 Å². The predicted octanol–water partition coefficient (Wildman–Crippen LogP) is 3.50. The Kier molecular flexibility index (Phi) is 7.68. The van der Waals surface area contributed by atoms with Crippen molar-refractivity contribution in [3.63, 3.8) is 0 Å². The van der Waals surface area contributed by atoms with Gasteiger partial charge in [0.15, 0.2) is 0 Å². The van der Waals surface area contributed by atoms with Gasteiger partial charge in [-0.3, -0.25) is 9.59 Å². The van der Waals surface area contributed by atoms with Crippen molar-refractivity contribution in [3.8, 4) is 5.75 Å². The van der Waals surface area contributed by atoms with Crippen molar-refractivity contribution in [2.75, 3.05) is 19.7 Å². The summed E-state index contributed by atoms with van der Waals surface area (Å²) in [5, 5.41) is 3.11. The zero-order chi connectivity index (χ0) is 20.5. The Labute approximate surface area is 173 Å². The van der Waals surface area contributed by atoms with Gasteiger partial charge in [-0.15, -0.1) is 0 Å². The summed E-state index contributed by atoms with van der Waals surface area (Å²) in [6.45, 7) is 3.95. The SMILES string of the molecule is Cc1ccccc1OCCCC(=O)NC1CCN(C(=O)Cc2ccccc2)CC1. The van der Waals surface area contributed by atoms with Crippen LogP contribution in [-0.2, 0) is 16.0 Å². The number of aryl methyl sites for hydroxylation is 1. The minimum atomic E-state index is 0.0624. The number of nitrogens with one attached hydrogen (secondary N) is 1. The highest BCUT2D eigenvalue weighted by Gasteiger charge is 2.23. The molecule has 1 saturated heterocycles. The first-order valence-electron chi connectivity index (χ1n) is 10.4. The number of rotatable bonds is 8. The van der Waals surface area contributed by atoms with Gasteiger partial charge in [-0.05, 0) is 43.4 Å². The molecule has 1 aliphatic rings. The van der Waals surface area contributed by atoms with Gasteiger partial charge in [0.25, 0.3) is 0 Å². The van der Waals surface area contributed by atoms with E-state index in [1.54, 1.807) is 0 Å². The van der Waals surface area contributed by atoms with Crippen molar-refractivity contribution in [3.05, 3.63) is 65.7 Å². The van der Waals surface area contributed by atoms with Crippen LogP contribution in [0.25, 0.3) is 0 Å². The average molecular weight is 395 g/mol. The number of likely N-dealkylation sites (tertiary alicyclic amines) is 1. The van der Waals surface area contributed by atoms with Crippen molar-refractivity contribution >= 4 is 11.8 Å². The molecule has 1 heterocycles. The van der Waals surface area contributed by atoms with Crippen molar-refractivity contribution in [2.24, 2.45) is 0 Å². The van der Waals surface area contributed by atoms with Crippen LogP contribution in [0.3, 0.4) is 0 Å². The first-order chi connectivity index (χ1) is 14.1. The minimum absolute atomic E-state index is 0.0624. The Balaban J connectivity index is 1.31. The van der Waals surface area contributed by atoms with Gasteiger partial charge in [-0.25, -0.2) is 0 Å². The standard InChI is InChI=1S/C24H30N2O3/c1-19-8-5-6-11-22(19)29-17-7-12-23(27)25-21-13-15-26(16-14-21)24(28)18-20-9-3-2-4-10-20/h2-6,8-11,21H,7,12-18H2,1H3,(H,25,27). The molecule has 5 nitrogen and oxygen atoms in total. The predicted molar refractivity (Wildman–Crippen MR) is 114 cm³/mol. The molecule has 0 radical (unpaired) electrons. The summed E-state index contributed by atoms with van der Waals surface area (Å²) in [4.78, 5) is 26.5. The number of hydrogen-bond acceptors (Lipinski definition) is 3. The number of carbonyl (C=O) groups excluding carboxylic acids is 2. The number of amides is 2. The Hall–Kier alpha value is -2.82. The van der Waals surface area contributed by atoms with E-state index in [1.165, 1.54) is 0 Å². The molecular formula is C24H30N2O3.